The van der Waals surface area contributed by atoms with E-state index >= 15 is 0 Å². The second-order valence-corrected chi connectivity index (χ2v) is 8.73. The van der Waals surface area contributed by atoms with Gasteiger partial charge in [0, 0.05) is 36.9 Å². The zero-order chi connectivity index (χ0) is 23.2. The summed E-state index contributed by atoms with van der Waals surface area (Å²) in [7, 11) is 0. The molecule has 0 unspecified atom stereocenters. The van der Waals surface area contributed by atoms with E-state index in [1.54, 1.807) is 12.1 Å². The molecule has 0 bridgehead atoms. The quantitative estimate of drug-likeness (QED) is 0.609. The van der Waals surface area contributed by atoms with Crippen LogP contribution in [0.3, 0.4) is 0 Å². The molecule has 1 aliphatic rings. The third-order valence-electron chi connectivity index (χ3n) is 6.24. The Balaban J connectivity index is 1.44. The minimum atomic E-state index is -0.378. The SMILES string of the molecule is Cc1cccc(N2CCN(C(=O)C[C@H](NC(=O)c3ccccc3)c3ccccc3)C[C@H]2C)c1. The summed E-state index contributed by atoms with van der Waals surface area (Å²) in [5.74, 6) is -0.108. The first kappa shape index (κ1) is 22.6. The topological polar surface area (TPSA) is 52.6 Å². The number of benzene rings is 3. The second-order valence-electron chi connectivity index (χ2n) is 8.73. The predicted octanol–water partition coefficient (Wildman–Crippen LogP) is 4.59. The Labute approximate surface area is 196 Å². The van der Waals surface area contributed by atoms with Crippen molar-refractivity contribution in [2.45, 2.75) is 32.4 Å². The standard InChI is InChI=1S/C28H31N3O2/c1-21-10-9-15-25(18-21)31-17-16-30(20-22(31)2)27(32)19-26(23-11-5-3-6-12-23)29-28(33)24-13-7-4-8-14-24/h3-15,18,22,26H,16-17,19-20H2,1-2H3,(H,29,33)/t22-,26+/m1/s1. The Bertz CT molecular complexity index is 1080. The first-order chi connectivity index (χ1) is 16.0. The fourth-order valence-corrected chi connectivity index (χ4v) is 4.45. The van der Waals surface area contributed by atoms with E-state index < -0.39 is 0 Å². The van der Waals surface area contributed by atoms with Gasteiger partial charge in [0.05, 0.1) is 12.5 Å². The van der Waals surface area contributed by atoms with Gasteiger partial charge in [0.15, 0.2) is 0 Å². The Morgan fingerprint density at radius 2 is 1.64 bits per heavy atom. The summed E-state index contributed by atoms with van der Waals surface area (Å²) in [6.07, 6.45) is 0.236. The van der Waals surface area contributed by atoms with Gasteiger partial charge in [0.1, 0.15) is 0 Å². The third kappa shape index (κ3) is 5.61. The number of rotatable bonds is 6. The van der Waals surface area contributed by atoms with Crippen LogP contribution < -0.4 is 10.2 Å². The number of aryl methyl sites for hydroxylation is 1. The second kappa shape index (κ2) is 10.3. The lowest BCUT2D eigenvalue weighted by Crippen LogP contribution is -2.54. The maximum absolute atomic E-state index is 13.3. The van der Waals surface area contributed by atoms with Crippen LogP contribution in [0.4, 0.5) is 5.69 Å². The summed E-state index contributed by atoms with van der Waals surface area (Å²) >= 11 is 0. The van der Waals surface area contributed by atoms with Crippen LogP contribution in [0.1, 0.15) is 40.9 Å². The number of hydrogen-bond acceptors (Lipinski definition) is 3. The molecule has 1 heterocycles. The van der Waals surface area contributed by atoms with E-state index in [2.05, 4.69) is 48.3 Å². The highest BCUT2D eigenvalue weighted by molar-refractivity contribution is 5.94. The molecule has 0 radical (unpaired) electrons. The smallest absolute Gasteiger partial charge is 0.251 e. The molecule has 0 saturated carbocycles. The van der Waals surface area contributed by atoms with Crippen molar-refractivity contribution < 1.29 is 9.59 Å². The van der Waals surface area contributed by atoms with Crippen molar-refractivity contribution in [3.63, 3.8) is 0 Å². The fourth-order valence-electron chi connectivity index (χ4n) is 4.45. The van der Waals surface area contributed by atoms with Gasteiger partial charge in [-0.2, -0.15) is 0 Å². The summed E-state index contributed by atoms with van der Waals surface area (Å²) in [6.45, 7) is 6.39. The minimum absolute atomic E-state index is 0.0629. The molecule has 1 N–H and O–H groups in total. The van der Waals surface area contributed by atoms with E-state index in [9.17, 15) is 9.59 Å². The molecular formula is C28H31N3O2. The molecule has 0 aromatic heterocycles. The average molecular weight is 442 g/mol. The summed E-state index contributed by atoms with van der Waals surface area (Å²) in [5, 5.41) is 3.07. The van der Waals surface area contributed by atoms with Gasteiger partial charge in [0.25, 0.3) is 5.91 Å². The van der Waals surface area contributed by atoms with Gasteiger partial charge in [-0.05, 0) is 49.2 Å². The lowest BCUT2D eigenvalue weighted by Gasteiger charge is -2.41. The number of nitrogens with zero attached hydrogens (tertiary/aromatic N) is 2. The van der Waals surface area contributed by atoms with Gasteiger partial charge in [-0.15, -0.1) is 0 Å². The van der Waals surface area contributed by atoms with Gasteiger partial charge >= 0.3 is 0 Å². The molecule has 1 aliphatic heterocycles. The summed E-state index contributed by atoms with van der Waals surface area (Å²) < 4.78 is 0. The highest BCUT2D eigenvalue weighted by Crippen LogP contribution is 2.24. The van der Waals surface area contributed by atoms with Gasteiger partial charge in [0.2, 0.25) is 5.91 Å². The normalized spacial score (nSPS) is 16.8. The average Bonchev–Trinajstić information content (AvgIpc) is 2.84. The van der Waals surface area contributed by atoms with Crippen LogP contribution in [0.5, 0.6) is 0 Å². The molecule has 2 atom stereocenters. The van der Waals surface area contributed by atoms with Crippen molar-refractivity contribution in [1.29, 1.82) is 0 Å². The monoisotopic (exact) mass is 441 g/mol. The van der Waals surface area contributed by atoms with Gasteiger partial charge in [-0.3, -0.25) is 9.59 Å². The van der Waals surface area contributed by atoms with E-state index in [1.807, 2.05) is 53.4 Å². The van der Waals surface area contributed by atoms with Crippen molar-refractivity contribution >= 4 is 17.5 Å². The molecule has 5 heteroatoms. The summed E-state index contributed by atoms with van der Waals surface area (Å²) in [5.41, 5.74) is 3.96. The Hall–Kier alpha value is -3.60. The lowest BCUT2D eigenvalue weighted by atomic mass is 10.0. The molecule has 0 aliphatic carbocycles. The first-order valence-electron chi connectivity index (χ1n) is 11.5. The Morgan fingerprint density at radius 1 is 0.939 bits per heavy atom. The van der Waals surface area contributed by atoms with Gasteiger partial charge in [-0.25, -0.2) is 0 Å². The van der Waals surface area contributed by atoms with Crippen LogP contribution in [0.15, 0.2) is 84.9 Å². The summed E-state index contributed by atoms with van der Waals surface area (Å²) in [6, 6.07) is 27.2. The number of piperazine rings is 1. The van der Waals surface area contributed by atoms with Crippen molar-refractivity contribution in [2.24, 2.45) is 0 Å². The molecule has 1 fully saturated rings. The van der Waals surface area contributed by atoms with E-state index in [0.29, 0.717) is 18.7 Å². The molecule has 5 nitrogen and oxygen atoms in total. The van der Waals surface area contributed by atoms with Gasteiger partial charge < -0.3 is 15.1 Å². The molecule has 2 amide bonds. The number of carbonyl (C=O) groups excluding carboxylic acids is 2. The Kier molecular flexibility index (Phi) is 7.08. The van der Waals surface area contributed by atoms with Crippen molar-refractivity contribution in [1.82, 2.24) is 10.2 Å². The van der Waals surface area contributed by atoms with Crippen LogP contribution in [-0.4, -0.2) is 42.4 Å². The lowest BCUT2D eigenvalue weighted by molar-refractivity contribution is -0.132. The number of hydrogen-bond donors (Lipinski definition) is 1. The Morgan fingerprint density at radius 3 is 2.30 bits per heavy atom. The predicted molar refractivity (Wildman–Crippen MR) is 132 cm³/mol. The van der Waals surface area contributed by atoms with Crippen LogP contribution in [0.2, 0.25) is 0 Å². The van der Waals surface area contributed by atoms with Crippen molar-refractivity contribution in [3.8, 4) is 0 Å². The van der Waals surface area contributed by atoms with E-state index in [-0.39, 0.29) is 30.3 Å². The number of anilines is 1. The van der Waals surface area contributed by atoms with Crippen molar-refractivity contribution in [2.75, 3.05) is 24.5 Å². The van der Waals surface area contributed by atoms with Gasteiger partial charge in [-0.1, -0.05) is 60.7 Å². The summed E-state index contributed by atoms with van der Waals surface area (Å²) in [4.78, 5) is 30.4. The molecular weight excluding hydrogens is 410 g/mol. The number of carbonyl (C=O) groups is 2. The molecule has 1 saturated heterocycles. The highest BCUT2D eigenvalue weighted by atomic mass is 16.2. The molecule has 170 valence electrons. The largest absolute Gasteiger partial charge is 0.365 e. The number of amides is 2. The number of nitrogens with one attached hydrogen (secondary N) is 1. The van der Waals surface area contributed by atoms with E-state index in [4.69, 9.17) is 0 Å². The van der Waals surface area contributed by atoms with Crippen LogP contribution in [-0.2, 0) is 4.79 Å². The highest BCUT2D eigenvalue weighted by Gasteiger charge is 2.29. The minimum Gasteiger partial charge on any atom is -0.365 e. The maximum Gasteiger partial charge on any atom is 0.251 e. The molecule has 3 aromatic rings. The third-order valence-corrected chi connectivity index (χ3v) is 6.24. The zero-order valence-electron chi connectivity index (χ0n) is 19.3. The van der Waals surface area contributed by atoms with Crippen LogP contribution in [0, 0.1) is 6.92 Å². The zero-order valence-corrected chi connectivity index (χ0v) is 19.3. The first-order valence-corrected chi connectivity index (χ1v) is 11.5. The van der Waals surface area contributed by atoms with Crippen LogP contribution in [0.25, 0.3) is 0 Å². The molecule has 3 aromatic carbocycles. The molecule has 0 spiro atoms. The van der Waals surface area contributed by atoms with E-state index in [0.717, 1.165) is 12.1 Å². The molecule has 33 heavy (non-hydrogen) atoms. The van der Waals surface area contributed by atoms with E-state index in [1.165, 1.54) is 11.3 Å². The maximum atomic E-state index is 13.3. The fraction of sp³-hybridized carbons (Fsp3) is 0.286. The van der Waals surface area contributed by atoms with Crippen LogP contribution >= 0.6 is 0 Å². The van der Waals surface area contributed by atoms with Crippen molar-refractivity contribution in [3.05, 3.63) is 102 Å². The molecule has 4 rings (SSSR count).